The second-order valence-electron chi connectivity index (χ2n) is 2.88. The minimum Gasteiger partial charge on any atom is -0.469 e. The highest BCUT2D eigenvalue weighted by Crippen LogP contribution is 2.02. The number of methoxy groups -OCH3 is 1. The molecule has 12 heavy (non-hydrogen) atoms. The van der Waals surface area contributed by atoms with E-state index in [1.807, 2.05) is 19.1 Å². The maximum atomic E-state index is 10.9. The van der Waals surface area contributed by atoms with Crippen LogP contribution in [0.5, 0.6) is 0 Å². The van der Waals surface area contributed by atoms with Crippen LogP contribution in [0.4, 0.5) is 0 Å². The molecule has 1 atom stereocenters. The van der Waals surface area contributed by atoms with Crippen LogP contribution in [-0.4, -0.2) is 13.1 Å². The molecular formula is C10H18O2. The molecule has 0 fully saturated rings. The molecule has 0 aliphatic rings. The Hall–Kier alpha value is -0.790. The molecule has 0 aromatic rings. The summed E-state index contributed by atoms with van der Waals surface area (Å²) in [6, 6.07) is 0. The van der Waals surface area contributed by atoms with Gasteiger partial charge in [0.25, 0.3) is 0 Å². The third-order valence-electron chi connectivity index (χ3n) is 1.72. The largest absolute Gasteiger partial charge is 0.469 e. The van der Waals surface area contributed by atoms with Crippen molar-refractivity contribution in [1.29, 1.82) is 0 Å². The number of hydrogen-bond donors (Lipinski definition) is 0. The molecule has 0 aromatic carbocycles. The molecule has 0 rings (SSSR count). The van der Waals surface area contributed by atoms with Gasteiger partial charge in [0.2, 0.25) is 0 Å². The average molecular weight is 170 g/mol. The Labute approximate surface area is 74.6 Å². The molecule has 0 saturated heterocycles. The zero-order chi connectivity index (χ0) is 9.40. The number of carbonyl (C=O) groups is 1. The first-order valence-electron chi connectivity index (χ1n) is 4.46. The van der Waals surface area contributed by atoms with Gasteiger partial charge >= 0.3 is 5.97 Å². The van der Waals surface area contributed by atoms with Gasteiger partial charge in [0, 0.05) is 0 Å². The van der Waals surface area contributed by atoms with Crippen molar-refractivity contribution in [3.8, 4) is 0 Å². The molecule has 0 spiro atoms. The Kier molecular flexibility index (Phi) is 6.44. The lowest BCUT2D eigenvalue weighted by Crippen LogP contribution is -2.09. The smallest absolute Gasteiger partial charge is 0.312 e. The predicted octanol–water partition coefficient (Wildman–Crippen LogP) is 2.54. The first-order valence-corrected chi connectivity index (χ1v) is 4.46. The van der Waals surface area contributed by atoms with Crippen molar-refractivity contribution in [2.45, 2.75) is 33.1 Å². The van der Waals surface area contributed by atoms with Gasteiger partial charge in [-0.05, 0) is 13.3 Å². The highest BCUT2D eigenvalue weighted by molar-refractivity contribution is 5.73. The van der Waals surface area contributed by atoms with Crippen molar-refractivity contribution in [2.75, 3.05) is 7.11 Å². The SMILES string of the molecule is CCCCC=CC(C)C(=O)OC. The second kappa shape index (κ2) is 6.89. The lowest BCUT2D eigenvalue weighted by molar-refractivity contribution is -0.143. The molecule has 2 nitrogen and oxygen atoms in total. The highest BCUT2D eigenvalue weighted by Gasteiger charge is 2.07. The summed E-state index contributed by atoms with van der Waals surface area (Å²) in [5.41, 5.74) is 0. The fourth-order valence-electron chi connectivity index (χ4n) is 0.887. The first kappa shape index (κ1) is 11.2. The van der Waals surface area contributed by atoms with Gasteiger partial charge in [-0.25, -0.2) is 0 Å². The average Bonchev–Trinajstić information content (AvgIpc) is 2.10. The molecule has 1 unspecified atom stereocenters. The van der Waals surface area contributed by atoms with E-state index in [1.165, 1.54) is 20.0 Å². The maximum absolute atomic E-state index is 10.9. The predicted molar refractivity (Wildman–Crippen MR) is 49.8 cm³/mol. The number of carbonyl (C=O) groups excluding carboxylic acids is 1. The van der Waals surface area contributed by atoms with Crippen LogP contribution in [0.3, 0.4) is 0 Å². The Balaban J connectivity index is 3.60. The molecule has 0 N–H and O–H groups in total. The molecule has 0 bridgehead atoms. The summed E-state index contributed by atoms with van der Waals surface area (Å²) < 4.78 is 4.58. The fraction of sp³-hybridized carbons (Fsp3) is 0.700. The van der Waals surface area contributed by atoms with Crippen molar-refractivity contribution in [3.63, 3.8) is 0 Å². The summed E-state index contributed by atoms with van der Waals surface area (Å²) in [5.74, 6) is -0.269. The standard InChI is InChI=1S/C10H18O2/c1-4-5-6-7-8-9(2)10(11)12-3/h7-9H,4-6H2,1-3H3. The number of rotatable bonds is 5. The molecule has 0 amide bonds. The summed E-state index contributed by atoms with van der Waals surface area (Å²) in [7, 11) is 1.42. The molecule has 0 aliphatic carbocycles. The van der Waals surface area contributed by atoms with Gasteiger partial charge in [-0.2, -0.15) is 0 Å². The van der Waals surface area contributed by atoms with Crippen LogP contribution in [-0.2, 0) is 9.53 Å². The number of unbranched alkanes of at least 4 members (excludes halogenated alkanes) is 2. The molecular weight excluding hydrogens is 152 g/mol. The van der Waals surface area contributed by atoms with Crippen LogP contribution in [0.1, 0.15) is 33.1 Å². The number of ether oxygens (including phenoxy) is 1. The first-order chi connectivity index (χ1) is 5.72. The third kappa shape index (κ3) is 4.94. The quantitative estimate of drug-likeness (QED) is 0.360. The molecule has 70 valence electrons. The van der Waals surface area contributed by atoms with Crippen molar-refractivity contribution < 1.29 is 9.53 Å². The van der Waals surface area contributed by atoms with E-state index >= 15 is 0 Å². The molecule has 0 saturated carbocycles. The molecule has 0 heterocycles. The monoisotopic (exact) mass is 170 g/mol. The second-order valence-corrected chi connectivity index (χ2v) is 2.88. The third-order valence-corrected chi connectivity index (χ3v) is 1.72. The summed E-state index contributed by atoms with van der Waals surface area (Å²) in [4.78, 5) is 10.9. The van der Waals surface area contributed by atoms with Gasteiger partial charge in [-0.3, -0.25) is 4.79 Å². The maximum Gasteiger partial charge on any atom is 0.312 e. The van der Waals surface area contributed by atoms with Crippen LogP contribution < -0.4 is 0 Å². The van der Waals surface area contributed by atoms with Crippen LogP contribution >= 0.6 is 0 Å². The zero-order valence-corrected chi connectivity index (χ0v) is 8.17. The van der Waals surface area contributed by atoms with E-state index in [4.69, 9.17) is 0 Å². The van der Waals surface area contributed by atoms with E-state index in [0.717, 1.165) is 6.42 Å². The van der Waals surface area contributed by atoms with Gasteiger partial charge in [-0.15, -0.1) is 0 Å². The van der Waals surface area contributed by atoms with E-state index in [0.29, 0.717) is 0 Å². The highest BCUT2D eigenvalue weighted by atomic mass is 16.5. The van der Waals surface area contributed by atoms with Crippen molar-refractivity contribution >= 4 is 5.97 Å². The van der Waals surface area contributed by atoms with Crippen molar-refractivity contribution in [1.82, 2.24) is 0 Å². The van der Waals surface area contributed by atoms with E-state index in [9.17, 15) is 4.79 Å². The van der Waals surface area contributed by atoms with Gasteiger partial charge in [0.05, 0.1) is 13.0 Å². The van der Waals surface area contributed by atoms with E-state index in [2.05, 4.69) is 11.7 Å². The lowest BCUT2D eigenvalue weighted by atomic mass is 10.1. The Morgan fingerprint density at radius 3 is 2.75 bits per heavy atom. The topological polar surface area (TPSA) is 26.3 Å². The Morgan fingerprint density at radius 2 is 2.25 bits per heavy atom. The van der Waals surface area contributed by atoms with Crippen LogP contribution in [0.15, 0.2) is 12.2 Å². The van der Waals surface area contributed by atoms with E-state index in [-0.39, 0.29) is 11.9 Å². The van der Waals surface area contributed by atoms with Crippen molar-refractivity contribution in [3.05, 3.63) is 12.2 Å². The van der Waals surface area contributed by atoms with Gasteiger partial charge < -0.3 is 4.74 Å². The minimum absolute atomic E-state index is 0.105. The van der Waals surface area contributed by atoms with Gasteiger partial charge in [0.15, 0.2) is 0 Å². The molecule has 0 aliphatic heterocycles. The number of allylic oxidation sites excluding steroid dienone is 1. The Morgan fingerprint density at radius 1 is 1.58 bits per heavy atom. The van der Waals surface area contributed by atoms with Crippen LogP contribution in [0.25, 0.3) is 0 Å². The summed E-state index contributed by atoms with van der Waals surface area (Å²) >= 11 is 0. The number of hydrogen-bond acceptors (Lipinski definition) is 2. The lowest BCUT2D eigenvalue weighted by Gasteiger charge is -2.01. The summed E-state index contributed by atoms with van der Waals surface area (Å²) in [6.07, 6.45) is 7.38. The van der Waals surface area contributed by atoms with E-state index < -0.39 is 0 Å². The van der Waals surface area contributed by atoms with Crippen LogP contribution in [0, 0.1) is 5.92 Å². The molecule has 0 aromatic heterocycles. The van der Waals surface area contributed by atoms with Gasteiger partial charge in [0.1, 0.15) is 0 Å². The molecule has 2 heteroatoms. The Bertz CT molecular complexity index is 150. The fourth-order valence-corrected chi connectivity index (χ4v) is 0.887. The summed E-state index contributed by atoms with van der Waals surface area (Å²) in [6.45, 7) is 3.99. The van der Waals surface area contributed by atoms with Gasteiger partial charge in [-0.1, -0.05) is 31.9 Å². The minimum atomic E-state index is -0.164. The zero-order valence-electron chi connectivity index (χ0n) is 8.17. The summed E-state index contributed by atoms with van der Waals surface area (Å²) in [5, 5.41) is 0. The normalized spacial score (nSPS) is 13.2. The molecule has 0 radical (unpaired) electrons. The number of esters is 1. The van der Waals surface area contributed by atoms with Crippen LogP contribution in [0.2, 0.25) is 0 Å². The van der Waals surface area contributed by atoms with Crippen molar-refractivity contribution in [2.24, 2.45) is 5.92 Å². The van der Waals surface area contributed by atoms with E-state index in [1.54, 1.807) is 0 Å².